The lowest BCUT2D eigenvalue weighted by molar-refractivity contribution is -0.138. The van der Waals surface area contributed by atoms with Crippen LogP contribution in [0.1, 0.15) is 47.0 Å². The zero-order valence-corrected chi connectivity index (χ0v) is 14.3. The van der Waals surface area contributed by atoms with Crippen LogP contribution in [0.25, 0.3) is 0 Å². The summed E-state index contributed by atoms with van der Waals surface area (Å²) in [6.07, 6.45) is 0.0866. The van der Waals surface area contributed by atoms with E-state index in [4.69, 9.17) is 9.84 Å². The predicted octanol–water partition coefficient (Wildman–Crippen LogP) is 0.922. The Morgan fingerprint density at radius 3 is 2.09 bits per heavy atom. The molecule has 3 atom stereocenters. The van der Waals surface area contributed by atoms with Crippen LogP contribution in [0.3, 0.4) is 0 Å². The molecule has 132 valence electrons. The fourth-order valence-electron chi connectivity index (χ4n) is 2.13. The number of carbonyl (C=O) groups excluding carboxylic acids is 2. The van der Waals surface area contributed by atoms with E-state index in [2.05, 4.69) is 24.5 Å². The van der Waals surface area contributed by atoms with Crippen molar-refractivity contribution in [3.05, 3.63) is 0 Å². The SMILES string of the molecule is CC(C)CCNC(=O)[C@H](CCC(C)C)NC(=O)[C@H]1O[C@@H]1C(=O)O. The number of amides is 2. The number of ether oxygens (including phenoxy) is 1. The third kappa shape index (κ3) is 6.99. The van der Waals surface area contributed by atoms with Gasteiger partial charge in [0.25, 0.3) is 5.91 Å². The van der Waals surface area contributed by atoms with E-state index in [0.29, 0.717) is 24.8 Å². The molecule has 2 amide bonds. The molecule has 1 fully saturated rings. The maximum atomic E-state index is 12.2. The number of aliphatic carboxylic acids is 1. The van der Waals surface area contributed by atoms with E-state index < -0.39 is 30.1 Å². The Balaban J connectivity index is 2.52. The first-order valence-electron chi connectivity index (χ1n) is 8.18. The van der Waals surface area contributed by atoms with Crippen molar-refractivity contribution >= 4 is 17.8 Å². The number of nitrogens with one attached hydrogen (secondary N) is 2. The van der Waals surface area contributed by atoms with Gasteiger partial charge in [0.1, 0.15) is 6.04 Å². The maximum Gasteiger partial charge on any atom is 0.336 e. The highest BCUT2D eigenvalue weighted by Crippen LogP contribution is 2.22. The Hall–Kier alpha value is -1.63. The third-order valence-corrected chi connectivity index (χ3v) is 3.68. The minimum absolute atomic E-state index is 0.229. The van der Waals surface area contributed by atoms with Crippen molar-refractivity contribution in [3.8, 4) is 0 Å². The first kappa shape index (κ1) is 19.4. The number of hydrogen-bond donors (Lipinski definition) is 3. The average Bonchev–Trinajstić information content (AvgIpc) is 3.22. The van der Waals surface area contributed by atoms with E-state index in [1.54, 1.807) is 0 Å². The van der Waals surface area contributed by atoms with Gasteiger partial charge in [-0.1, -0.05) is 27.7 Å². The summed E-state index contributed by atoms with van der Waals surface area (Å²) >= 11 is 0. The van der Waals surface area contributed by atoms with Crippen LogP contribution in [-0.2, 0) is 19.1 Å². The molecule has 7 nitrogen and oxygen atoms in total. The van der Waals surface area contributed by atoms with Gasteiger partial charge in [-0.2, -0.15) is 0 Å². The summed E-state index contributed by atoms with van der Waals surface area (Å²) in [4.78, 5) is 35.0. The van der Waals surface area contributed by atoms with Gasteiger partial charge in [0.05, 0.1) is 0 Å². The molecule has 0 saturated carbocycles. The first-order valence-corrected chi connectivity index (χ1v) is 8.18. The molecular weight excluding hydrogens is 300 g/mol. The molecule has 0 unspecified atom stereocenters. The van der Waals surface area contributed by atoms with Crippen molar-refractivity contribution < 1.29 is 24.2 Å². The Bertz CT molecular complexity index is 436. The zero-order valence-electron chi connectivity index (χ0n) is 14.3. The lowest BCUT2D eigenvalue weighted by atomic mass is 10.0. The molecular formula is C16H28N2O5. The molecule has 1 heterocycles. The molecule has 0 aliphatic carbocycles. The monoisotopic (exact) mass is 328 g/mol. The molecule has 23 heavy (non-hydrogen) atoms. The van der Waals surface area contributed by atoms with Gasteiger partial charge in [0, 0.05) is 6.54 Å². The summed E-state index contributed by atoms with van der Waals surface area (Å²) in [5, 5.41) is 14.2. The van der Waals surface area contributed by atoms with Crippen LogP contribution in [0.4, 0.5) is 0 Å². The highest BCUT2D eigenvalue weighted by atomic mass is 16.6. The zero-order chi connectivity index (χ0) is 17.6. The number of carbonyl (C=O) groups is 3. The average molecular weight is 328 g/mol. The summed E-state index contributed by atoms with van der Waals surface area (Å²) in [5.74, 6) is -1.04. The van der Waals surface area contributed by atoms with Crippen LogP contribution in [0, 0.1) is 11.8 Å². The Kier molecular flexibility index (Phi) is 7.48. The molecule has 1 saturated heterocycles. The number of epoxide rings is 1. The molecule has 0 bridgehead atoms. The quantitative estimate of drug-likeness (QED) is 0.517. The van der Waals surface area contributed by atoms with Crippen molar-refractivity contribution in [3.63, 3.8) is 0 Å². The van der Waals surface area contributed by atoms with Gasteiger partial charge in [-0.15, -0.1) is 0 Å². The molecule has 7 heteroatoms. The lowest BCUT2D eigenvalue weighted by Crippen LogP contribution is -2.48. The van der Waals surface area contributed by atoms with Gasteiger partial charge >= 0.3 is 5.97 Å². The summed E-state index contributed by atoms with van der Waals surface area (Å²) in [7, 11) is 0. The van der Waals surface area contributed by atoms with Gasteiger partial charge < -0.3 is 20.5 Å². The molecule has 1 rings (SSSR count). The van der Waals surface area contributed by atoms with E-state index >= 15 is 0 Å². The van der Waals surface area contributed by atoms with Crippen molar-refractivity contribution in [2.75, 3.05) is 6.54 Å². The van der Waals surface area contributed by atoms with E-state index in [1.807, 2.05) is 13.8 Å². The summed E-state index contributed by atoms with van der Waals surface area (Å²) in [5.41, 5.74) is 0. The molecule has 0 aromatic carbocycles. The van der Waals surface area contributed by atoms with Crippen LogP contribution < -0.4 is 10.6 Å². The van der Waals surface area contributed by atoms with Crippen molar-refractivity contribution in [2.24, 2.45) is 11.8 Å². The van der Waals surface area contributed by atoms with Gasteiger partial charge in [-0.05, 0) is 31.1 Å². The molecule has 3 N–H and O–H groups in total. The fraction of sp³-hybridized carbons (Fsp3) is 0.812. The van der Waals surface area contributed by atoms with Gasteiger partial charge in [0.2, 0.25) is 5.91 Å². The van der Waals surface area contributed by atoms with Crippen molar-refractivity contribution in [1.82, 2.24) is 10.6 Å². The second-order valence-corrected chi connectivity index (χ2v) is 6.82. The maximum absolute atomic E-state index is 12.2. The number of rotatable bonds is 10. The van der Waals surface area contributed by atoms with E-state index in [1.165, 1.54) is 0 Å². The minimum Gasteiger partial charge on any atom is -0.479 e. The third-order valence-electron chi connectivity index (χ3n) is 3.68. The molecule has 0 aromatic heterocycles. The Morgan fingerprint density at radius 1 is 1.00 bits per heavy atom. The standard InChI is InChI=1S/C16H28N2O5/c1-9(2)5-6-11(14(19)17-8-7-10(3)4)18-15(20)12-13(23-12)16(21)22/h9-13H,5-8H2,1-4H3,(H,17,19)(H,18,20)(H,21,22)/t11-,12-,13-/m0/s1. The van der Waals surface area contributed by atoms with Crippen LogP contribution in [0.2, 0.25) is 0 Å². The Labute approximate surface area is 137 Å². The van der Waals surface area contributed by atoms with E-state index in [0.717, 1.165) is 12.8 Å². The van der Waals surface area contributed by atoms with Crippen molar-refractivity contribution in [2.45, 2.75) is 65.2 Å². The molecule has 0 aromatic rings. The largest absolute Gasteiger partial charge is 0.479 e. The van der Waals surface area contributed by atoms with Crippen molar-refractivity contribution in [1.29, 1.82) is 0 Å². The fourth-order valence-corrected chi connectivity index (χ4v) is 2.13. The summed E-state index contributed by atoms with van der Waals surface area (Å²) < 4.78 is 4.82. The number of carboxylic acids is 1. The minimum atomic E-state index is -1.16. The van der Waals surface area contributed by atoms with Crippen LogP contribution in [-0.4, -0.2) is 47.7 Å². The molecule has 0 spiro atoms. The molecule has 1 aliphatic heterocycles. The summed E-state index contributed by atoms with van der Waals surface area (Å²) in [6.45, 7) is 8.78. The highest BCUT2D eigenvalue weighted by Gasteiger charge is 2.51. The first-order chi connectivity index (χ1) is 10.7. The number of hydrogen-bond acceptors (Lipinski definition) is 4. The van der Waals surface area contributed by atoms with Crippen LogP contribution >= 0.6 is 0 Å². The predicted molar refractivity (Wildman–Crippen MR) is 84.8 cm³/mol. The van der Waals surface area contributed by atoms with Gasteiger partial charge in [-0.3, -0.25) is 9.59 Å². The number of carboxylic acid groups (broad SMARTS) is 1. The smallest absolute Gasteiger partial charge is 0.336 e. The Morgan fingerprint density at radius 2 is 1.61 bits per heavy atom. The van der Waals surface area contributed by atoms with Crippen LogP contribution in [0.5, 0.6) is 0 Å². The topological polar surface area (TPSA) is 108 Å². The molecule has 1 aliphatic rings. The van der Waals surface area contributed by atoms with E-state index in [9.17, 15) is 14.4 Å². The van der Waals surface area contributed by atoms with Crippen LogP contribution in [0.15, 0.2) is 0 Å². The summed E-state index contributed by atoms with van der Waals surface area (Å²) in [6, 6.07) is -0.657. The highest BCUT2D eigenvalue weighted by molar-refractivity contribution is 5.95. The normalized spacial score (nSPS) is 21.1. The second-order valence-electron chi connectivity index (χ2n) is 6.82. The molecule has 0 radical (unpaired) electrons. The van der Waals surface area contributed by atoms with Gasteiger partial charge in [0.15, 0.2) is 12.2 Å². The van der Waals surface area contributed by atoms with E-state index in [-0.39, 0.29) is 5.91 Å². The second kappa shape index (κ2) is 8.86. The lowest BCUT2D eigenvalue weighted by Gasteiger charge is -2.19. The van der Waals surface area contributed by atoms with Gasteiger partial charge in [-0.25, -0.2) is 4.79 Å².